The van der Waals surface area contributed by atoms with E-state index in [1.54, 1.807) is 24.1 Å². The quantitative estimate of drug-likeness (QED) is 0.816. The van der Waals surface area contributed by atoms with Gasteiger partial charge in [-0.25, -0.2) is 0 Å². The highest BCUT2D eigenvalue weighted by Crippen LogP contribution is 2.15. The summed E-state index contributed by atoms with van der Waals surface area (Å²) >= 11 is 0. The maximum Gasteiger partial charge on any atom is 0.289 e. The number of aryl methyl sites for hydroxylation is 2. The van der Waals surface area contributed by atoms with Crippen LogP contribution in [-0.2, 0) is 6.54 Å². The average Bonchev–Trinajstić information content (AvgIpc) is 2.93. The summed E-state index contributed by atoms with van der Waals surface area (Å²) in [5, 5.41) is 3.85. The van der Waals surface area contributed by atoms with E-state index in [2.05, 4.69) is 5.16 Å². The molecule has 0 atom stereocenters. The summed E-state index contributed by atoms with van der Waals surface area (Å²) in [6.45, 7) is 4.15. The number of furan rings is 1. The van der Waals surface area contributed by atoms with Crippen LogP contribution < -0.4 is 0 Å². The maximum atomic E-state index is 11.9. The summed E-state index contributed by atoms with van der Waals surface area (Å²) in [6.07, 6.45) is 1.48. The minimum atomic E-state index is -0.157. The van der Waals surface area contributed by atoms with Crippen LogP contribution in [0.3, 0.4) is 0 Å². The van der Waals surface area contributed by atoms with E-state index in [-0.39, 0.29) is 5.91 Å². The smallest absolute Gasteiger partial charge is 0.289 e. The van der Waals surface area contributed by atoms with Crippen LogP contribution in [-0.4, -0.2) is 23.0 Å². The minimum Gasteiger partial charge on any atom is -0.459 e. The van der Waals surface area contributed by atoms with Crippen molar-refractivity contribution >= 4 is 5.91 Å². The average molecular weight is 234 g/mol. The molecule has 0 N–H and O–H groups in total. The third kappa shape index (κ3) is 2.22. The second-order valence-corrected chi connectivity index (χ2v) is 3.94. The summed E-state index contributed by atoms with van der Waals surface area (Å²) in [4.78, 5) is 13.5. The van der Waals surface area contributed by atoms with Gasteiger partial charge in [-0.1, -0.05) is 5.16 Å². The van der Waals surface area contributed by atoms with Crippen LogP contribution in [0.25, 0.3) is 0 Å². The fourth-order valence-corrected chi connectivity index (χ4v) is 1.62. The maximum absolute atomic E-state index is 11.9. The van der Waals surface area contributed by atoms with Gasteiger partial charge in [-0.05, 0) is 26.0 Å². The first-order valence-corrected chi connectivity index (χ1v) is 5.30. The summed E-state index contributed by atoms with van der Waals surface area (Å²) in [6, 6.07) is 3.34. The van der Waals surface area contributed by atoms with Gasteiger partial charge in [-0.3, -0.25) is 4.79 Å². The number of aromatic nitrogens is 1. The molecule has 0 aliphatic carbocycles. The molecule has 0 saturated heterocycles. The number of nitrogens with zero attached hydrogens (tertiary/aromatic N) is 2. The van der Waals surface area contributed by atoms with Crippen molar-refractivity contribution in [2.24, 2.45) is 0 Å². The highest BCUT2D eigenvalue weighted by molar-refractivity contribution is 5.91. The van der Waals surface area contributed by atoms with Crippen molar-refractivity contribution in [1.82, 2.24) is 10.1 Å². The summed E-state index contributed by atoms with van der Waals surface area (Å²) in [5.41, 5.74) is 1.74. The molecular weight excluding hydrogens is 220 g/mol. The van der Waals surface area contributed by atoms with E-state index in [9.17, 15) is 4.79 Å². The molecule has 0 aliphatic heterocycles. The lowest BCUT2D eigenvalue weighted by atomic mass is 10.2. The Labute approximate surface area is 99.0 Å². The van der Waals surface area contributed by atoms with E-state index in [0.29, 0.717) is 12.3 Å². The predicted molar refractivity (Wildman–Crippen MR) is 60.5 cm³/mol. The van der Waals surface area contributed by atoms with Crippen molar-refractivity contribution in [3.05, 3.63) is 41.2 Å². The van der Waals surface area contributed by atoms with Crippen molar-refractivity contribution in [3.8, 4) is 0 Å². The zero-order valence-corrected chi connectivity index (χ0v) is 10.1. The van der Waals surface area contributed by atoms with Crippen molar-refractivity contribution in [3.63, 3.8) is 0 Å². The Balaban J connectivity index is 2.12. The third-order valence-corrected chi connectivity index (χ3v) is 2.66. The van der Waals surface area contributed by atoms with Gasteiger partial charge in [0.2, 0.25) is 0 Å². The number of hydrogen-bond acceptors (Lipinski definition) is 4. The molecule has 2 aromatic rings. The molecule has 0 bridgehead atoms. The Morgan fingerprint density at radius 1 is 1.47 bits per heavy atom. The van der Waals surface area contributed by atoms with Crippen LogP contribution in [0.2, 0.25) is 0 Å². The fourth-order valence-electron chi connectivity index (χ4n) is 1.62. The van der Waals surface area contributed by atoms with Gasteiger partial charge in [0.05, 0.1) is 18.5 Å². The lowest BCUT2D eigenvalue weighted by molar-refractivity contribution is 0.0753. The topological polar surface area (TPSA) is 59.5 Å². The predicted octanol–water partition coefficient (Wildman–Crippen LogP) is 2.16. The van der Waals surface area contributed by atoms with Gasteiger partial charge in [0.15, 0.2) is 5.76 Å². The fraction of sp³-hybridized carbons (Fsp3) is 0.333. The molecule has 0 radical (unpaired) electrons. The summed E-state index contributed by atoms with van der Waals surface area (Å²) in [5.74, 6) is 0.913. The van der Waals surface area contributed by atoms with Gasteiger partial charge in [-0.2, -0.15) is 0 Å². The lowest BCUT2D eigenvalue weighted by Gasteiger charge is -2.15. The van der Waals surface area contributed by atoms with Gasteiger partial charge in [0, 0.05) is 12.6 Å². The van der Waals surface area contributed by atoms with Crippen LogP contribution in [0.4, 0.5) is 0 Å². The summed E-state index contributed by atoms with van der Waals surface area (Å²) < 4.78 is 10.1. The zero-order valence-electron chi connectivity index (χ0n) is 10.1. The number of amides is 1. The summed E-state index contributed by atoms with van der Waals surface area (Å²) in [7, 11) is 1.72. The Kier molecular flexibility index (Phi) is 2.99. The van der Waals surface area contributed by atoms with E-state index in [1.165, 1.54) is 6.26 Å². The normalized spacial score (nSPS) is 10.5. The van der Waals surface area contributed by atoms with E-state index in [1.807, 2.05) is 13.8 Å². The van der Waals surface area contributed by atoms with Crippen molar-refractivity contribution < 1.29 is 13.7 Å². The number of rotatable bonds is 3. The van der Waals surface area contributed by atoms with Crippen LogP contribution in [0.15, 0.2) is 27.3 Å². The molecule has 0 unspecified atom stereocenters. The van der Waals surface area contributed by atoms with Crippen molar-refractivity contribution in [1.29, 1.82) is 0 Å². The molecule has 17 heavy (non-hydrogen) atoms. The molecule has 0 spiro atoms. The molecule has 2 heterocycles. The lowest BCUT2D eigenvalue weighted by Crippen LogP contribution is -2.26. The van der Waals surface area contributed by atoms with Crippen molar-refractivity contribution in [2.45, 2.75) is 20.4 Å². The number of hydrogen-bond donors (Lipinski definition) is 0. The largest absolute Gasteiger partial charge is 0.459 e. The molecule has 2 aromatic heterocycles. The zero-order chi connectivity index (χ0) is 12.4. The van der Waals surface area contributed by atoms with Gasteiger partial charge >= 0.3 is 0 Å². The van der Waals surface area contributed by atoms with E-state index in [4.69, 9.17) is 8.94 Å². The highest BCUT2D eigenvalue weighted by atomic mass is 16.5. The second-order valence-electron chi connectivity index (χ2n) is 3.94. The standard InChI is InChI=1S/C12H14N2O3/c1-8-10(9(2)17-13-8)7-14(3)12(15)11-5-4-6-16-11/h4-6H,7H2,1-3H3. The van der Waals surface area contributed by atoms with Gasteiger partial charge < -0.3 is 13.8 Å². The van der Waals surface area contributed by atoms with Crippen LogP contribution in [0, 0.1) is 13.8 Å². The van der Waals surface area contributed by atoms with Crippen LogP contribution in [0.5, 0.6) is 0 Å². The molecule has 90 valence electrons. The van der Waals surface area contributed by atoms with E-state index >= 15 is 0 Å². The molecule has 2 rings (SSSR count). The van der Waals surface area contributed by atoms with Crippen LogP contribution >= 0.6 is 0 Å². The molecule has 5 nitrogen and oxygen atoms in total. The molecule has 0 aromatic carbocycles. The number of carbonyl (C=O) groups excluding carboxylic acids is 1. The highest BCUT2D eigenvalue weighted by Gasteiger charge is 2.18. The van der Waals surface area contributed by atoms with Gasteiger partial charge in [0.25, 0.3) is 5.91 Å². The molecule has 5 heteroatoms. The molecule has 0 fully saturated rings. The van der Waals surface area contributed by atoms with Crippen molar-refractivity contribution in [2.75, 3.05) is 7.05 Å². The van der Waals surface area contributed by atoms with E-state index in [0.717, 1.165) is 17.0 Å². The second kappa shape index (κ2) is 4.45. The Bertz CT molecular complexity index is 494. The SMILES string of the molecule is Cc1noc(C)c1CN(C)C(=O)c1ccco1. The minimum absolute atomic E-state index is 0.157. The van der Waals surface area contributed by atoms with Gasteiger partial charge in [-0.15, -0.1) is 0 Å². The first kappa shape index (κ1) is 11.4. The Morgan fingerprint density at radius 2 is 2.24 bits per heavy atom. The first-order valence-electron chi connectivity index (χ1n) is 5.30. The molecule has 0 saturated carbocycles. The Morgan fingerprint density at radius 3 is 2.76 bits per heavy atom. The van der Waals surface area contributed by atoms with E-state index < -0.39 is 0 Å². The third-order valence-electron chi connectivity index (χ3n) is 2.66. The Hall–Kier alpha value is -2.04. The van der Waals surface area contributed by atoms with Crippen LogP contribution in [0.1, 0.15) is 27.6 Å². The molecule has 1 amide bonds. The monoisotopic (exact) mass is 234 g/mol. The first-order chi connectivity index (χ1) is 8.09. The number of carbonyl (C=O) groups is 1. The molecular formula is C12H14N2O3. The van der Waals surface area contributed by atoms with Gasteiger partial charge in [0.1, 0.15) is 5.76 Å². The molecule has 0 aliphatic rings.